The van der Waals surface area contributed by atoms with Gasteiger partial charge in [-0.15, -0.1) is 0 Å². The Morgan fingerprint density at radius 1 is 1.12 bits per heavy atom. The van der Waals surface area contributed by atoms with Crippen LogP contribution in [0.3, 0.4) is 0 Å². The molecule has 0 heterocycles. The van der Waals surface area contributed by atoms with E-state index < -0.39 is 26.6 Å². The van der Waals surface area contributed by atoms with E-state index in [2.05, 4.69) is 10.6 Å². The first kappa shape index (κ1) is 20.5. The van der Waals surface area contributed by atoms with E-state index in [1.807, 2.05) is 0 Å². The van der Waals surface area contributed by atoms with E-state index in [1.54, 1.807) is 6.92 Å². The first-order valence-corrected chi connectivity index (χ1v) is 10.4. The van der Waals surface area contributed by atoms with Gasteiger partial charge in [0.15, 0.2) is 14.6 Å². The molecular formula is C17H23ClN2O5S. The van der Waals surface area contributed by atoms with Gasteiger partial charge in [-0.1, -0.05) is 24.4 Å². The van der Waals surface area contributed by atoms with E-state index >= 15 is 0 Å². The van der Waals surface area contributed by atoms with Crippen molar-refractivity contribution < 1.29 is 22.7 Å². The monoisotopic (exact) mass is 402 g/mol. The molecule has 0 spiro atoms. The topological polar surface area (TPSA) is 102 Å². The largest absolute Gasteiger partial charge is 0.450 e. The zero-order valence-corrected chi connectivity index (χ0v) is 16.2. The summed E-state index contributed by atoms with van der Waals surface area (Å²) >= 11 is 5.83. The van der Waals surface area contributed by atoms with Crippen LogP contribution in [0.4, 0.5) is 4.79 Å². The molecule has 0 bridgehead atoms. The standard InChI is InChI=1S/C17H23ClN2O5S/c1-2-25-16(22)20-12-11-19-15(21)17(9-3-4-10-17)26(23,24)14-7-5-13(18)6-8-14/h5-8H,2-4,9-12H2,1H3,(H,19,21)(H,20,22). The molecule has 1 aromatic rings. The quantitative estimate of drug-likeness (QED) is 0.681. The van der Waals surface area contributed by atoms with Gasteiger partial charge in [-0.2, -0.15) is 0 Å². The van der Waals surface area contributed by atoms with E-state index in [0.29, 0.717) is 17.9 Å². The minimum absolute atomic E-state index is 0.0867. The van der Waals surface area contributed by atoms with Crippen molar-refractivity contribution in [3.63, 3.8) is 0 Å². The summed E-state index contributed by atoms with van der Waals surface area (Å²) in [4.78, 5) is 24.1. The number of alkyl carbamates (subject to hydrolysis) is 1. The number of sulfone groups is 1. The average molecular weight is 403 g/mol. The van der Waals surface area contributed by atoms with Crippen LogP contribution >= 0.6 is 11.6 Å². The molecule has 2 amide bonds. The molecule has 0 aromatic heterocycles. The van der Waals surface area contributed by atoms with Gasteiger partial charge < -0.3 is 15.4 Å². The molecule has 1 aromatic carbocycles. The van der Waals surface area contributed by atoms with E-state index in [-0.39, 0.29) is 37.4 Å². The molecule has 7 nitrogen and oxygen atoms in total. The fourth-order valence-electron chi connectivity index (χ4n) is 3.09. The smallest absolute Gasteiger partial charge is 0.407 e. The normalized spacial score (nSPS) is 16.1. The van der Waals surface area contributed by atoms with Crippen molar-refractivity contribution in [2.45, 2.75) is 42.2 Å². The maximum Gasteiger partial charge on any atom is 0.407 e. The number of hydrogen-bond acceptors (Lipinski definition) is 5. The van der Waals surface area contributed by atoms with Crippen LogP contribution in [-0.2, 0) is 19.4 Å². The highest BCUT2D eigenvalue weighted by Crippen LogP contribution is 2.40. The van der Waals surface area contributed by atoms with Crippen LogP contribution in [0.1, 0.15) is 32.6 Å². The Morgan fingerprint density at radius 2 is 1.69 bits per heavy atom. The zero-order chi connectivity index (χ0) is 19.2. The number of carbonyl (C=O) groups excluding carboxylic acids is 2. The van der Waals surface area contributed by atoms with Crippen LogP contribution in [0.15, 0.2) is 29.2 Å². The molecule has 26 heavy (non-hydrogen) atoms. The lowest BCUT2D eigenvalue weighted by Crippen LogP contribution is -2.51. The van der Waals surface area contributed by atoms with Crippen molar-refractivity contribution in [3.05, 3.63) is 29.3 Å². The van der Waals surface area contributed by atoms with Crippen LogP contribution in [0, 0.1) is 0 Å². The summed E-state index contributed by atoms with van der Waals surface area (Å²) in [6.45, 7) is 2.21. The molecule has 1 aliphatic carbocycles. The summed E-state index contributed by atoms with van der Waals surface area (Å²) in [5.41, 5.74) is 0. The Hall–Kier alpha value is -1.80. The molecule has 2 N–H and O–H groups in total. The van der Waals surface area contributed by atoms with Crippen molar-refractivity contribution >= 4 is 33.4 Å². The van der Waals surface area contributed by atoms with Gasteiger partial charge in [-0.3, -0.25) is 4.79 Å². The van der Waals surface area contributed by atoms with Crippen molar-refractivity contribution in [2.24, 2.45) is 0 Å². The number of ether oxygens (including phenoxy) is 1. The lowest BCUT2D eigenvalue weighted by atomic mass is 10.1. The Bertz CT molecular complexity index is 743. The lowest BCUT2D eigenvalue weighted by molar-refractivity contribution is -0.123. The molecule has 144 valence electrons. The van der Waals surface area contributed by atoms with Crippen molar-refractivity contribution in [2.75, 3.05) is 19.7 Å². The van der Waals surface area contributed by atoms with Crippen LogP contribution in [0.5, 0.6) is 0 Å². The van der Waals surface area contributed by atoms with E-state index in [4.69, 9.17) is 16.3 Å². The molecule has 0 unspecified atom stereocenters. The van der Waals surface area contributed by atoms with Crippen molar-refractivity contribution in [1.29, 1.82) is 0 Å². The van der Waals surface area contributed by atoms with E-state index in [9.17, 15) is 18.0 Å². The number of nitrogens with one attached hydrogen (secondary N) is 2. The Kier molecular flexibility index (Phi) is 6.88. The summed E-state index contributed by atoms with van der Waals surface area (Å²) in [7, 11) is -3.86. The first-order valence-electron chi connectivity index (χ1n) is 8.52. The van der Waals surface area contributed by atoms with Crippen molar-refractivity contribution in [1.82, 2.24) is 10.6 Å². The Balaban J connectivity index is 2.10. The maximum absolute atomic E-state index is 13.1. The van der Waals surface area contributed by atoms with Crippen LogP contribution in [-0.4, -0.2) is 44.9 Å². The molecule has 1 aliphatic rings. The van der Waals surface area contributed by atoms with Gasteiger partial charge >= 0.3 is 6.09 Å². The highest BCUT2D eigenvalue weighted by Gasteiger charge is 2.52. The van der Waals surface area contributed by atoms with Gasteiger partial charge in [0.1, 0.15) is 0 Å². The molecule has 1 saturated carbocycles. The molecule has 0 aliphatic heterocycles. The first-order chi connectivity index (χ1) is 12.3. The van der Waals surface area contributed by atoms with Gasteiger partial charge in [-0.25, -0.2) is 13.2 Å². The predicted octanol–water partition coefficient (Wildman–Crippen LogP) is 2.29. The SMILES string of the molecule is CCOC(=O)NCCNC(=O)C1(S(=O)(=O)c2ccc(Cl)cc2)CCCC1. The Morgan fingerprint density at radius 3 is 2.27 bits per heavy atom. The Labute approximate surface area is 158 Å². The van der Waals surface area contributed by atoms with Gasteiger partial charge in [0.25, 0.3) is 0 Å². The third kappa shape index (κ3) is 4.29. The molecule has 0 atom stereocenters. The number of carbonyl (C=O) groups is 2. The number of halogens is 1. The molecule has 1 fully saturated rings. The highest BCUT2D eigenvalue weighted by molar-refractivity contribution is 7.93. The van der Waals surface area contributed by atoms with Gasteiger partial charge in [-0.05, 0) is 44.0 Å². The fraction of sp³-hybridized carbons (Fsp3) is 0.529. The van der Waals surface area contributed by atoms with Crippen LogP contribution in [0.25, 0.3) is 0 Å². The summed E-state index contributed by atoms with van der Waals surface area (Å²) in [5.74, 6) is -0.532. The molecule has 9 heteroatoms. The molecular weight excluding hydrogens is 380 g/mol. The number of rotatable bonds is 7. The van der Waals surface area contributed by atoms with Gasteiger partial charge in [0.2, 0.25) is 5.91 Å². The molecule has 2 rings (SSSR count). The van der Waals surface area contributed by atoms with Gasteiger partial charge in [0.05, 0.1) is 11.5 Å². The summed E-state index contributed by atoms with van der Waals surface area (Å²) in [6, 6.07) is 5.84. The number of benzene rings is 1. The minimum atomic E-state index is -3.86. The second-order valence-electron chi connectivity index (χ2n) is 6.06. The minimum Gasteiger partial charge on any atom is -0.450 e. The lowest BCUT2D eigenvalue weighted by Gasteiger charge is -2.27. The molecule has 0 radical (unpaired) electrons. The van der Waals surface area contributed by atoms with Gasteiger partial charge in [0, 0.05) is 18.1 Å². The zero-order valence-electron chi connectivity index (χ0n) is 14.6. The summed E-state index contributed by atoms with van der Waals surface area (Å²) in [5, 5.41) is 5.54. The van der Waals surface area contributed by atoms with E-state index in [1.165, 1.54) is 24.3 Å². The number of amides is 2. The van der Waals surface area contributed by atoms with Crippen molar-refractivity contribution in [3.8, 4) is 0 Å². The molecule has 0 saturated heterocycles. The highest BCUT2D eigenvalue weighted by atomic mass is 35.5. The average Bonchev–Trinajstić information content (AvgIpc) is 3.11. The fourth-order valence-corrected chi connectivity index (χ4v) is 5.30. The second kappa shape index (κ2) is 8.73. The van der Waals surface area contributed by atoms with Crippen LogP contribution in [0.2, 0.25) is 5.02 Å². The van der Waals surface area contributed by atoms with Crippen LogP contribution < -0.4 is 10.6 Å². The van der Waals surface area contributed by atoms with E-state index in [0.717, 1.165) is 0 Å². The maximum atomic E-state index is 13.1. The second-order valence-corrected chi connectivity index (χ2v) is 8.76. The summed E-state index contributed by atoms with van der Waals surface area (Å²) in [6.07, 6.45) is 1.30. The number of hydrogen-bond donors (Lipinski definition) is 2. The summed E-state index contributed by atoms with van der Waals surface area (Å²) < 4.78 is 29.5. The third-order valence-corrected chi connectivity index (χ3v) is 7.19. The third-order valence-electron chi connectivity index (χ3n) is 4.42. The predicted molar refractivity (Wildman–Crippen MR) is 97.9 cm³/mol.